The average Bonchev–Trinajstić information content (AvgIpc) is 2.25. The van der Waals surface area contributed by atoms with Crippen molar-refractivity contribution in [1.29, 1.82) is 0 Å². The molecule has 1 aliphatic rings. The molecule has 0 bridgehead atoms. The molecular formula is C12H21N3O. The maximum absolute atomic E-state index is 5.95. The summed E-state index contributed by atoms with van der Waals surface area (Å²) in [5.74, 6) is 3.22. The van der Waals surface area contributed by atoms with Crippen LogP contribution in [0.2, 0.25) is 0 Å². The zero-order valence-corrected chi connectivity index (χ0v) is 10.4. The van der Waals surface area contributed by atoms with Crippen LogP contribution in [-0.2, 0) is 4.74 Å². The van der Waals surface area contributed by atoms with E-state index < -0.39 is 0 Å². The highest BCUT2D eigenvalue weighted by molar-refractivity contribution is 5.78. The Balaban J connectivity index is 2.70. The predicted octanol–water partition coefficient (Wildman–Crippen LogP) is 0.681. The lowest BCUT2D eigenvalue weighted by Gasteiger charge is -2.30. The van der Waals surface area contributed by atoms with E-state index in [-0.39, 0.29) is 11.5 Å². The molecule has 4 nitrogen and oxygen atoms in total. The van der Waals surface area contributed by atoms with Crippen LogP contribution in [0.15, 0.2) is 4.99 Å². The smallest absolute Gasteiger partial charge is 0.192 e. The summed E-state index contributed by atoms with van der Waals surface area (Å²) >= 11 is 0. The number of morpholine rings is 1. The molecule has 1 atom stereocenters. The number of aliphatic imine (C=N–C) groups is 1. The van der Waals surface area contributed by atoms with Crippen molar-refractivity contribution in [3.63, 3.8) is 0 Å². The second kappa shape index (κ2) is 5.22. The Hall–Kier alpha value is -1.21. The Bertz CT molecular complexity index is 292. The molecule has 1 aliphatic heterocycles. The summed E-state index contributed by atoms with van der Waals surface area (Å²) in [4.78, 5) is 6.43. The van der Waals surface area contributed by atoms with Crippen molar-refractivity contribution in [2.75, 3.05) is 26.3 Å². The van der Waals surface area contributed by atoms with Crippen molar-refractivity contribution >= 4 is 5.96 Å². The topological polar surface area (TPSA) is 50.8 Å². The fourth-order valence-corrected chi connectivity index (χ4v) is 1.49. The summed E-state index contributed by atoms with van der Waals surface area (Å²) in [6.45, 7) is 9.17. The number of rotatable bonds is 1. The molecule has 1 rings (SSSR count). The van der Waals surface area contributed by atoms with Crippen LogP contribution in [0, 0.1) is 17.8 Å². The normalized spacial score (nSPS) is 20.4. The Morgan fingerprint density at radius 2 is 2.00 bits per heavy atom. The third-order valence-electron chi connectivity index (χ3n) is 2.57. The highest BCUT2D eigenvalue weighted by atomic mass is 16.5. The Labute approximate surface area is 97.9 Å². The highest BCUT2D eigenvalue weighted by Gasteiger charge is 2.23. The predicted molar refractivity (Wildman–Crippen MR) is 66.1 cm³/mol. The lowest BCUT2D eigenvalue weighted by Crippen LogP contribution is -2.45. The number of ether oxygens (including phenoxy) is 1. The van der Waals surface area contributed by atoms with Gasteiger partial charge >= 0.3 is 0 Å². The quantitative estimate of drug-likeness (QED) is 0.404. The maximum atomic E-state index is 5.95. The van der Waals surface area contributed by atoms with Crippen LogP contribution >= 0.6 is 0 Å². The number of hydrogen-bond donors (Lipinski definition) is 1. The molecule has 0 aromatic heterocycles. The maximum Gasteiger partial charge on any atom is 0.192 e. The van der Waals surface area contributed by atoms with Crippen LogP contribution in [-0.4, -0.2) is 43.2 Å². The van der Waals surface area contributed by atoms with Crippen LogP contribution < -0.4 is 5.73 Å². The molecule has 0 amide bonds. The van der Waals surface area contributed by atoms with E-state index in [1.165, 1.54) is 0 Å². The number of terminal acetylenes is 1. The van der Waals surface area contributed by atoms with Gasteiger partial charge in [0.25, 0.3) is 0 Å². The zero-order valence-electron chi connectivity index (χ0n) is 10.4. The van der Waals surface area contributed by atoms with Gasteiger partial charge in [-0.2, -0.15) is 0 Å². The second-order valence-corrected chi connectivity index (χ2v) is 5.02. The summed E-state index contributed by atoms with van der Waals surface area (Å²) in [6.07, 6.45) is 5.48. The van der Waals surface area contributed by atoms with Gasteiger partial charge in [-0.25, -0.2) is 4.99 Å². The van der Waals surface area contributed by atoms with Gasteiger partial charge in [0.1, 0.15) is 6.04 Å². The van der Waals surface area contributed by atoms with E-state index in [1.54, 1.807) is 0 Å². The number of guanidine groups is 1. The first-order valence-electron chi connectivity index (χ1n) is 5.57. The SMILES string of the molecule is C#CC(N=C(N)N1CCOCC1)C(C)(C)C. The van der Waals surface area contributed by atoms with Gasteiger partial charge < -0.3 is 15.4 Å². The fraction of sp³-hybridized carbons (Fsp3) is 0.750. The number of nitrogens with two attached hydrogens (primary N) is 1. The van der Waals surface area contributed by atoms with E-state index in [0.29, 0.717) is 19.2 Å². The standard InChI is InChI=1S/C12H21N3O/c1-5-10(12(2,3)4)14-11(13)15-6-8-16-9-7-15/h1,10H,6-9H2,2-4H3,(H2,13,14). The van der Waals surface area contributed by atoms with Crippen LogP contribution in [0.4, 0.5) is 0 Å². The van der Waals surface area contributed by atoms with Gasteiger partial charge in [0.05, 0.1) is 13.2 Å². The molecule has 4 heteroatoms. The molecule has 0 aliphatic carbocycles. The third kappa shape index (κ3) is 3.42. The first-order valence-corrected chi connectivity index (χ1v) is 5.57. The zero-order chi connectivity index (χ0) is 12.2. The average molecular weight is 223 g/mol. The van der Waals surface area contributed by atoms with Crippen molar-refractivity contribution in [2.45, 2.75) is 26.8 Å². The van der Waals surface area contributed by atoms with Gasteiger partial charge in [-0.3, -0.25) is 0 Å². The molecule has 1 saturated heterocycles. The van der Waals surface area contributed by atoms with Crippen LogP contribution in [0.5, 0.6) is 0 Å². The van der Waals surface area contributed by atoms with Crippen molar-refractivity contribution in [1.82, 2.24) is 4.90 Å². The molecule has 0 aromatic carbocycles. The van der Waals surface area contributed by atoms with E-state index in [9.17, 15) is 0 Å². The van der Waals surface area contributed by atoms with E-state index in [1.807, 2.05) is 4.90 Å². The summed E-state index contributed by atoms with van der Waals surface area (Å²) in [6, 6.07) is -0.185. The van der Waals surface area contributed by atoms with Crippen molar-refractivity contribution in [3.8, 4) is 12.3 Å². The molecule has 1 heterocycles. The first kappa shape index (κ1) is 12.9. The summed E-state index contributed by atoms with van der Waals surface area (Å²) in [5, 5.41) is 0. The second-order valence-electron chi connectivity index (χ2n) is 5.02. The lowest BCUT2D eigenvalue weighted by atomic mass is 9.88. The minimum Gasteiger partial charge on any atom is -0.378 e. The number of hydrogen-bond acceptors (Lipinski definition) is 2. The Kier molecular flexibility index (Phi) is 4.19. The largest absolute Gasteiger partial charge is 0.378 e. The van der Waals surface area contributed by atoms with E-state index in [2.05, 4.69) is 31.7 Å². The summed E-state index contributed by atoms with van der Waals surface area (Å²) in [7, 11) is 0. The van der Waals surface area contributed by atoms with Gasteiger partial charge in [0.2, 0.25) is 0 Å². The summed E-state index contributed by atoms with van der Waals surface area (Å²) < 4.78 is 5.26. The minimum atomic E-state index is -0.185. The molecular weight excluding hydrogens is 202 g/mol. The molecule has 0 aromatic rings. The molecule has 0 saturated carbocycles. The van der Waals surface area contributed by atoms with Gasteiger partial charge in [-0.1, -0.05) is 26.7 Å². The van der Waals surface area contributed by atoms with Crippen molar-refractivity contribution in [2.24, 2.45) is 16.1 Å². The fourth-order valence-electron chi connectivity index (χ4n) is 1.49. The molecule has 16 heavy (non-hydrogen) atoms. The highest BCUT2D eigenvalue weighted by Crippen LogP contribution is 2.21. The van der Waals surface area contributed by atoms with Crippen LogP contribution in [0.3, 0.4) is 0 Å². The molecule has 0 radical (unpaired) electrons. The molecule has 1 fully saturated rings. The van der Waals surface area contributed by atoms with Crippen molar-refractivity contribution in [3.05, 3.63) is 0 Å². The molecule has 2 N–H and O–H groups in total. The van der Waals surface area contributed by atoms with E-state index in [4.69, 9.17) is 16.9 Å². The van der Waals surface area contributed by atoms with E-state index in [0.717, 1.165) is 13.1 Å². The van der Waals surface area contributed by atoms with Gasteiger partial charge in [0.15, 0.2) is 5.96 Å². The third-order valence-corrected chi connectivity index (χ3v) is 2.57. The van der Waals surface area contributed by atoms with Gasteiger partial charge in [-0.05, 0) is 5.41 Å². The summed E-state index contributed by atoms with van der Waals surface area (Å²) in [5.41, 5.74) is 5.88. The number of nitrogens with zero attached hydrogens (tertiary/aromatic N) is 2. The lowest BCUT2D eigenvalue weighted by molar-refractivity contribution is 0.0672. The Morgan fingerprint density at radius 3 is 2.44 bits per heavy atom. The van der Waals surface area contributed by atoms with Crippen molar-refractivity contribution < 1.29 is 4.74 Å². The monoisotopic (exact) mass is 223 g/mol. The Morgan fingerprint density at radius 1 is 1.44 bits per heavy atom. The van der Waals surface area contributed by atoms with E-state index >= 15 is 0 Å². The molecule has 90 valence electrons. The van der Waals surface area contributed by atoms with Gasteiger partial charge in [0, 0.05) is 13.1 Å². The van der Waals surface area contributed by atoms with Crippen LogP contribution in [0.1, 0.15) is 20.8 Å². The molecule has 0 spiro atoms. The van der Waals surface area contributed by atoms with Gasteiger partial charge in [-0.15, -0.1) is 6.42 Å². The minimum absolute atomic E-state index is 0.0638. The first-order chi connectivity index (χ1) is 7.45. The van der Waals surface area contributed by atoms with Crippen LogP contribution in [0.25, 0.3) is 0 Å². The molecule has 1 unspecified atom stereocenters.